The van der Waals surface area contributed by atoms with E-state index in [4.69, 9.17) is 4.42 Å². The zero-order chi connectivity index (χ0) is 13.5. The molecule has 20 heavy (non-hydrogen) atoms. The summed E-state index contributed by atoms with van der Waals surface area (Å²) in [6.07, 6.45) is 1.38. The molecule has 0 unspecified atom stereocenters. The van der Waals surface area contributed by atoms with Gasteiger partial charge in [0.2, 0.25) is 12.3 Å². The van der Waals surface area contributed by atoms with Gasteiger partial charge >= 0.3 is 0 Å². The lowest BCUT2D eigenvalue weighted by Gasteiger charge is -2.39. The molecule has 0 saturated carbocycles. The van der Waals surface area contributed by atoms with Crippen molar-refractivity contribution in [3.05, 3.63) is 42.4 Å². The summed E-state index contributed by atoms with van der Waals surface area (Å²) in [5.74, 6) is 1.75. The van der Waals surface area contributed by atoms with Gasteiger partial charge in [0.05, 0.1) is 23.6 Å². The van der Waals surface area contributed by atoms with Crippen molar-refractivity contribution < 1.29 is 4.42 Å². The second-order valence-electron chi connectivity index (χ2n) is 5.20. The zero-order valence-corrected chi connectivity index (χ0v) is 11.2. The number of aryl methyl sites for hydroxylation is 1. The Labute approximate surface area is 116 Å². The second kappa shape index (κ2) is 4.42. The van der Waals surface area contributed by atoms with E-state index < -0.39 is 0 Å². The van der Waals surface area contributed by atoms with Crippen molar-refractivity contribution in [3.63, 3.8) is 0 Å². The van der Waals surface area contributed by atoms with Crippen molar-refractivity contribution in [1.82, 2.24) is 24.6 Å². The van der Waals surface area contributed by atoms with Crippen LogP contribution in [0.5, 0.6) is 0 Å². The average Bonchev–Trinajstić information content (AvgIpc) is 3.00. The third-order valence-electron chi connectivity index (χ3n) is 3.84. The van der Waals surface area contributed by atoms with Crippen LogP contribution in [0.15, 0.2) is 35.1 Å². The fourth-order valence-electron chi connectivity index (χ4n) is 2.92. The Morgan fingerprint density at radius 1 is 1.30 bits per heavy atom. The van der Waals surface area contributed by atoms with Gasteiger partial charge in [-0.15, -0.1) is 10.2 Å². The molecule has 0 atom stereocenters. The number of hydrogen-bond donors (Lipinski definition) is 0. The minimum Gasteiger partial charge on any atom is -0.427 e. The maximum absolute atomic E-state index is 5.18. The number of fused-ring (bicyclic) bond motifs is 1. The van der Waals surface area contributed by atoms with E-state index in [0.29, 0.717) is 11.9 Å². The van der Waals surface area contributed by atoms with E-state index in [0.717, 1.165) is 31.0 Å². The molecule has 1 aliphatic rings. The molecule has 1 aliphatic heterocycles. The summed E-state index contributed by atoms with van der Waals surface area (Å²) >= 11 is 0. The van der Waals surface area contributed by atoms with Crippen molar-refractivity contribution in [2.75, 3.05) is 13.1 Å². The van der Waals surface area contributed by atoms with Crippen LogP contribution in [-0.4, -0.2) is 37.7 Å². The molecule has 1 saturated heterocycles. The number of imidazole rings is 1. The molecule has 6 nitrogen and oxygen atoms in total. The molecule has 102 valence electrons. The van der Waals surface area contributed by atoms with Crippen molar-refractivity contribution in [3.8, 4) is 0 Å². The summed E-state index contributed by atoms with van der Waals surface area (Å²) in [5, 5.41) is 7.61. The number of benzene rings is 1. The fraction of sp³-hybridized carbons (Fsp3) is 0.357. The first-order chi connectivity index (χ1) is 9.81. The van der Waals surface area contributed by atoms with E-state index in [2.05, 4.69) is 49.8 Å². The lowest BCUT2D eigenvalue weighted by molar-refractivity contribution is 0.0899. The first-order valence-corrected chi connectivity index (χ1v) is 6.72. The lowest BCUT2D eigenvalue weighted by atomic mass is 10.1. The van der Waals surface area contributed by atoms with Gasteiger partial charge in [-0.2, -0.15) is 0 Å². The molecule has 1 fully saturated rings. The van der Waals surface area contributed by atoms with E-state index >= 15 is 0 Å². The van der Waals surface area contributed by atoms with Gasteiger partial charge in [0.25, 0.3) is 0 Å². The normalized spacial score (nSPS) is 16.6. The van der Waals surface area contributed by atoms with Crippen LogP contribution in [-0.2, 0) is 6.54 Å². The molecular weight excluding hydrogens is 254 g/mol. The average molecular weight is 269 g/mol. The third-order valence-corrected chi connectivity index (χ3v) is 3.84. The molecule has 0 spiro atoms. The number of nitrogens with zero attached hydrogens (tertiary/aromatic N) is 5. The molecular formula is C14H15N5O. The molecule has 6 heteroatoms. The maximum atomic E-state index is 5.18. The van der Waals surface area contributed by atoms with Gasteiger partial charge < -0.3 is 8.98 Å². The van der Waals surface area contributed by atoms with Crippen LogP contribution in [0.3, 0.4) is 0 Å². The molecule has 3 aromatic rings. The maximum Gasteiger partial charge on any atom is 0.230 e. The Hall–Kier alpha value is -2.21. The van der Waals surface area contributed by atoms with Crippen LogP contribution >= 0.6 is 0 Å². The first kappa shape index (κ1) is 11.6. The summed E-state index contributed by atoms with van der Waals surface area (Å²) in [5.41, 5.74) is 2.28. The molecule has 0 amide bonds. The van der Waals surface area contributed by atoms with E-state index in [9.17, 15) is 0 Å². The van der Waals surface area contributed by atoms with Gasteiger partial charge in [-0.25, -0.2) is 4.98 Å². The standard InChI is InChI=1S/C14H15N5O/c1-10-16-12-4-2-3-5-13(12)19(10)11-6-18(7-11)8-14-17-15-9-20-14/h2-5,9,11H,6-8H2,1H3. The highest BCUT2D eigenvalue weighted by molar-refractivity contribution is 5.76. The van der Waals surface area contributed by atoms with E-state index in [-0.39, 0.29) is 0 Å². The van der Waals surface area contributed by atoms with Crippen LogP contribution in [0.25, 0.3) is 11.0 Å². The van der Waals surface area contributed by atoms with Gasteiger partial charge in [0.15, 0.2) is 0 Å². The lowest BCUT2D eigenvalue weighted by Crippen LogP contribution is -2.47. The predicted molar refractivity (Wildman–Crippen MR) is 73.1 cm³/mol. The monoisotopic (exact) mass is 269 g/mol. The Balaban J connectivity index is 1.53. The zero-order valence-electron chi connectivity index (χ0n) is 11.2. The van der Waals surface area contributed by atoms with Gasteiger partial charge in [0, 0.05) is 13.1 Å². The van der Waals surface area contributed by atoms with Crippen LogP contribution in [0, 0.1) is 6.92 Å². The molecule has 4 rings (SSSR count). The predicted octanol–water partition coefficient (Wildman–Crippen LogP) is 1.78. The molecule has 2 aromatic heterocycles. The Kier molecular flexibility index (Phi) is 2.56. The van der Waals surface area contributed by atoms with E-state index in [1.165, 1.54) is 11.9 Å². The number of aromatic nitrogens is 4. The number of likely N-dealkylation sites (tertiary alicyclic amines) is 1. The first-order valence-electron chi connectivity index (χ1n) is 6.72. The quantitative estimate of drug-likeness (QED) is 0.725. The molecule has 0 aliphatic carbocycles. The minimum atomic E-state index is 0.477. The summed E-state index contributed by atoms with van der Waals surface area (Å²) < 4.78 is 7.51. The summed E-state index contributed by atoms with van der Waals surface area (Å²) in [6.45, 7) is 4.77. The van der Waals surface area contributed by atoms with Crippen molar-refractivity contribution in [1.29, 1.82) is 0 Å². The largest absolute Gasteiger partial charge is 0.427 e. The summed E-state index contributed by atoms with van der Waals surface area (Å²) in [4.78, 5) is 6.92. The van der Waals surface area contributed by atoms with Gasteiger partial charge in [-0.3, -0.25) is 4.90 Å². The molecule has 0 N–H and O–H groups in total. The number of para-hydroxylation sites is 2. The molecule has 1 aromatic carbocycles. The number of rotatable bonds is 3. The van der Waals surface area contributed by atoms with Crippen LogP contribution in [0.2, 0.25) is 0 Å². The smallest absolute Gasteiger partial charge is 0.230 e. The highest BCUT2D eigenvalue weighted by atomic mass is 16.4. The van der Waals surface area contributed by atoms with E-state index in [1.807, 2.05) is 6.07 Å². The molecule has 0 bridgehead atoms. The Morgan fingerprint density at radius 2 is 2.15 bits per heavy atom. The van der Waals surface area contributed by atoms with Crippen molar-refractivity contribution in [2.45, 2.75) is 19.5 Å². The van der Waals surface area contributed by atoms with Crippen molar-refractivity contribution >= 4 is 11.0 Å². The summed E-state index contributed by atoms with van der Waals surface area (Å²) in [7, 11) is 0. The van der Waals surface area contributed by atoms with Gasteiger partial charge in [-0.05, 0) is 19.1 Å². The van der Waals surface area contributed by atoms with Crippen LogP contribution in [0.4, 0.5) is 0 Å². The van der Waals surface area contributed by atoms with Crippen LogP contribution < -0.4 is 0 Å². The van der Waals surface area contributed by atoms with Gasteiger partial charge in [0.1, 0.15) is 5.82 Å². The van der Waals surface area contributed by atoms with Gasteiger partial charge in [-0.1, -0.05) is 12.1 Å². The SMILES string of the molecule is Cc1nc2ccccc2n1C1CN(Cc2nnco2)C1. The topological polar surface area (TPSA) is 60.0 Å². The number of hydrogen-bond acceptors (Lipinski definition) is 5. The van der Waals surface area contributed by atoms with Crippen molar-refractivity contribution in [2.24, 2.45) is 0 Å². The third kappa shape index (κ3) is 1.80. The second-order valence-corrected chi connectivity index (χ2v) is 5.20. The highest BCUT2D eigenvalue weighted by Crippen LogP contribution is 2.28. The van der Waals surface area contributed by atoms with Crippen LogP contribution in [0.1, 0.15) is 17.8 Å². The fourth-order valence-corrected chi connectivity index (χ4v) is 2.92. The Bertz CT molecular complexity index is 727. The Morgan fingerprint density at radius 3 is 2.95 bits per heavy atom. The van der Waals surface area contributed by atoms with E-state index in [1.54, 1.807) is 0 Å². The summed E-state index contributed by atoms with van der Waals surface area (Å²) in [6, 6.07) is 8.77. The molecule has 3 heterocycles. The molecule has 0 radical (unpaired) electrons. The minimum absolute atomic E-state index is 0.477. The highest BCUT2D eigenvalue weighted by Gasteiger charge is 2.31.